The van der Waals surface area contributed by atoms with Gasteiger partial charge in [-0.15, -0.1) is 11.3 Å². The molecule has 0 fully saturated rings. The van der Waals surface area contributed by atoms with E-state index in [4.69, 9.17) is 24.5 Å². The predicted octanol–water partition coefficient (Wildman–Crippen LogP) is 14.5. The van der Waals surface area contributed by atoms with Crippen molar-refractivity contribution < 1.29 is 9.60 Å². The Labute approximate surface area is 344 Å². The molecule has 0 amide bonds. The smallest absolute Gasteiger partial charge is 0.164 e. The van der Waals surface area contributed by atoms with Crippen molar-refractivity contribution in [3.8, 4) is 67.5 Å². The zero-order valence-corrected chi connectivity index (χ0v) is 31.1. The first kappa shape index (κ1) is 26.5. The second-order valence-corrected chi connectivity index (χ2v) is 15.0. The molecule has 0 atom stereocenters. The molecule has 2 aromatic heterocycles. The topological polar surface area (TPSA) is 38.7 Å². The fraction of sp³-hybridized carbons (Fsp3) is 0. The summed E-state index contributed by atoms with van der Waals surface area (Å²) < 4.78 is 62.1. The van der Waals surface area contributed by atoms with E-state index >= 15 is 0 Å². The predicted molar refractivity (Wildman–Crippen MR) is 240 cm³/mol. The molecule has 3 nitrogen and oxygen atoms in total. The zero-order valence-electron chi connectivity index (χ0n) is 37.3. The van der Waals surface area contributed by atoms with Crippen molar-refractivity contribution in [3.05, 3.63) is 200 Å². The fourth-order valence-electron chi connectivity index (χ4n) is 7.61. The van der Waals surface area contributed by atoms with Crippen LogP contribution in [-0.2, 0) is 0 Å². The highest BCUT2D eigenvalue weighted by Crippen LogP contribution is 2.41. The molecular weight excluding hydrogens is 711 g/mol. The van der Waals surface area contributed by atoms with E-state index in [2.05, 4.69) is 91.0 Å². The van der Waals surface area contributed by atoms with Gasteiger partial charge in [0.2, 0.25) is 0 Å². The van der Waals surface area contributed by atoms with Crippen molar-refractivity contribution in [1.29, 1.82) is 0 Å². The fourth-order valence-corrected chi connectivity index (χ4v) is 8.74. The summed E-state index contributed by atoms with van der Waals surface area (Å²) in [4.78, 5) is 14.9. The third-order valence-corrected chi connectivity index (χ3v) is 11.6. The number of benzene rings is 9. The molecule has 0 bridgehead atoms. The number of aromatic nitrogens is 3. The molecule has 57 heavy (non-hydrogen) atoms. The van der Waals surface area contributed by atoms with Gasteiger partial charge in [0.25, 0.3) is 0 Å². The number of hydrogen-bond donors (Lipinski definition) is 0. The van der Waals surface area contributed by atoms with Crippen LogP contribution in [-0.4, -0.2) is 15.0 Å². The molecule has 4 heteroatoms. The second-order valence-electron chi connectivity index (χ2n) is 13.9. The molecule has 0 radical (unpaired) electrons. The summed E-state index contributed by atoms with van der Waals surface area (Å²) in [6.45, 7) is 0. The van der Waals surface area contributed by atoms with Gasteiger partial charge < -0.3 is 0 Å². The molecule has 9 aromatic carbocycles. The van der Waals surface area contributed by atoms with E-state index < -0.39 is 30.2 Å². The highest BCUT2D eigenvalue weighted by molar-refractivity contribution is 7.25. The molecule has 11 rings (SSSR count). The van der Waals surface area contributed by atoms with Gasteiger partial charge in [0.1, 0.15) is 0 Å². The van der Waals surface area contributed by atoms with E-state index in [-0.39, 0.29) is 28.4 Å². The number of nitrogens with zero attached hydrogens (tertiary/aromatic N) is 3. The van der Waals surface area contributed by atoms with Gasteiger partial charge in [-0.3, -0.25) is 0 Å². The lowest BCUT2D eigenvalue weighted by Gasteiger charge is -2.11. The third-order valence-electron chi connectivity index (χ3n) is 10.4. The van der Waals surface area contributed by atoms with Gasteiger partial charge in [-0.1, -0.05) is 170 Å². The summed E-state index contributed by atoms with van der Waals surface area (Å²) >= 11 is 1.83. The molecule has 0 spiro atoms. The summed E-state index contributed by atoms with van der Waals surface area (Å²) in [6, 6.07) is 50.5. The largest absolute Gasteiger partial charge is 0.208 e. The third kappa shape index (κ3) is 6.04. The minimum Gasteiger partial charge on any atom is -0.208 e. The van der Waals surface area contributed by atoms with Crippen LogP contribution in [0.15, 0.2) is 200 Å². The summed E-state index contributed by atoms with van der Waals surface area (Å²) in [5, 5.41) is 4.81. The molecule has 2 heterocycles. The summed E-state index contributed by atoms with van der Waals surface area (Å²) in [5.74, 6) is 1.38. The molecule has 0 saturated heterocycles. The summed E-state index contributed by atoms with van der Waals surface area (Å²) in [7, 11) is 0. The molecule has 0 unspecified atom stereocenters. The first-order chi connectivity index (χ1) is 31.1. The molecule has 11 aromatic rings. The first-order valence-electron chi connectivity index (χ1n) is 22.1. The standard InChI is InChI=1S/C53H33N3S/c1-2-12-36(13-3-1)51-54-52(37-25-23-35(24-26-37)45-19-9-14-34-11-4-5-17-44(34)45)56-53(55-51)43-16-8-15-38(33-43)39-27-28-41-32-42(30-29-40(41)31-39)46-20-10-22-49-50(46)47-18-6-7-21-48(47)57-49/h1-33H/i4D,5D,9D,11D,14D,17D,19D. The van der Waals surface area contributed by atoms with Crippen LogP contribution in [0.25, 0.3) is 109 Å². The van der Waals surface area contributed by atoms with Crippen molar-refractivity contribution in [2.24, 2.45) is 0 Å². The Bertz CT molecular complexity index is 3700. The molecular formula is C53H33N3S. The van der Waals surface area contributed by atoms with Gasteiger partial charge in [-0.2, -0.15) is 0 Å². The maximum atomic E-state index is 8.82. The van der Waals surface area contributed by atoms with Crippen LogP contribution < -0.4 is 0 Å². The highest BCUT2D eigenvalue weighted by atomic mass is 32.1. The molecule has 0 aliphatic heterocycles. The van der Waals surface area contributed by atoms with Crippen LogP contribution in [0.2, 0.25) is 0 Å². The van der Waals surface area contributed by atoms with Gasteiger partial charge in [-0.25, -0.2) is 15.0 Å². The quantitative estimate of drug-likeness (QED) is 0.170. The average Bonchev–Trinajstić information content (AvgIpc) is 3.73. The van der Waals surface area contributed by atoms with Crippen LogP contribution >= 0.6 is 11.3 Å². The molecule has 0 aliphatic rings. The van der Waals surface area contributed by atoms with E-state index in [9.17, 15) is 0 Å². The van der Waals surface area contributed by atoms with Crippen LogP contribution in [0, 0.1) is 0 Å². The Morgan fingerprint density at radius 2 is 0.930 bits per heavy atom. The Kier molecular flexibility index (Phi) is 6.42. The lowest BCUT2D eigenvalue weighted by molar-refractivity contribution is 1.07. The Balaban J connectivity index is 0.969. The minimum absolute atomic E-state index is 0.0374. The van der Waals surface area contributed by atoms with Gasteiger partial charge >= 0.3 is 0 Å². The second kappa shape index (κ2) is 13.8. The maximum Gasteiger partial charge on any atom is 0.164 e. The molecule has 0 N–H and O–H groups in total. The van der Waals surface area contributed by atoms with Crippen molar-refractivity contribution in [2.45, 2.75) is 0 Å². The van der Waals surface area contributed by atoms with Crippen LogP contribution in [0.5, 0.6) is 0 Å². The van der Waals surface area contributed by atoms with E-state index in [0.29, 0.717) is 28.6 Å². The molecule has 0 aliphatic carbocycles. The van der Waals surface area contributed by atoms with E-state index in [1.54, 1.807) is 24.3 Å². The van der Waals surface area contributed by atoms with Crippen LogP contribution in [0.4, 0.5) is 0 Å². The van der Waals surface area contributed by atoms with Gasteiger partial charge in [0.05, 0.1) is 9.60 Å². The van der Waals surface area contributed by atoms with Crippen molar-refractivity contribution >= 4 is 53.1 Å². The minimum atomic E-state index is -0.487. The van der Waals surface area contributed by atoms with Crippen LogP contribution in [0.3, 0.4) is 0 Å². The number of fused-ring (bicyclic) bond motifs is 5. The monoisotopic (exact) mass is 750 g/mol. The van der Waals surface area contributed by atoms with Gasteiger partial charge in [-0.05, 0) is 85.3 Å². The van der Waals surface area contributed by atoms with Crippen molar-refractivity contribution in [3.63, 3.8) is 0 Å². The summed E-state index contributed by atoms with van der Waals surface area (Å²) in [6.07, 6.45) is 0. The average molecular weight is 751 g/mol. The lowest BCUT2D eigenvalue weighted by atomic mass is 9.95. The zero-order chi connectivity index (χ0) is 43.8. The summed E-state index contributed by atoms with van der Waals surface area (Å²) in [5.41, 5.74) is 7.37. The van der Waals surface area contributed by atoms with E-state index in [1.165, 1.54) is 31.3 Å². The number of hydrogen-bond acceptors (Lipinski definition) is 4. The molecule has 266 valence electrons. The Morgan fingerprint density at radius 1 is 0.351 bits per heavy atom. The number of rotatable bonds is 6. The Hall–Kier alpha value is -7.27. The lowest BCUT2D eigenvalue weighted by Crippen LogP contribution is -2.00. The normalized spacial score (nSPS) is 13.2. The first-order valence-corrected chi connectivity index (χ1v) is 19.4. The van der Waals surface area contributed by atoms with Gasteiger partial charge in [0, 0.05) is 36.9 Å². The number of thiophene rings is 1. The maximum absolute atomic E-state index is 8.82. The molecule has 0 saturated carbocycles. The SMILES string of the molecule is [2H]c1c([2H])c([2H])c2c(-c3ccc(-c4nc(-c5ccccc5)nc(-c5cccc(-c6ccc7cc(-c8cccc9sc%10ccccc%10c89)ccc7c6)c5)n4)cc3)c([2H])c([2H])c([2H])c2c1[2H]. The van der Waals surface area contributed by atoms with E-state index in [1.807, 2.05) is 53.8 Å². The van der Waals surface area contributed by atoms with Crippen molar-refractivity contribution in [1.82, 2.24) is 15.0 Å². The van der Waals surface area contributed by atoms with Gasteiger partial charge in [0.15, 0.2) is 17.5 Å². The van der Waals surface area contributed by atoms with Crippen molar-refractivity contribution in [2.75, 3.05) is 0 Å². The van der Waals surface area contributed by atoms with Crippen LogP contribution in [0.1, 0.15) is 9.60 Å². The highest BCUT2D eigenvalue weighted by Gasteiger charge is 2.15. The van der Waals surface area contributed by atoms with E-state index in [0.717, 1.165) is 33.0 Å². The Morgan fingerprint density at radius 3 is 1.77 bits per heavy atom.